The van der Waals surface area contributed by atoms with Gasteiger partial charge in [-0.2, -0.15) is 0 Å². The van der Waals surface area contributed by atoms with Crippen LogP contribution in [0.1, 0.15) is 11.1 Å². The minimum absolute atomic E-state index is 0.0721. The zero-order valence-electron chi connectivity index (χ0n) is 13.0. The average Bonchev–Trinajstić information content (AvgIpc) is 3.14. The first-order valence-corrected chi connectivity index (χ1v) is 7.63. The van der Waals surface area contributed by atoms with Gasteiger partial charge in [-0.1, -0.05) is 18.2 Å². The summed E-state index contributed by atoms with van der Waals surface area (Å²) in [6.45, 7) is 0. The van der Waals surface area contributed by atoms with Gasteiger partial charge in [0.2, 0.25) is 0 Å². The van der Waals surface area contributed by atoms with E-state index < -0.39 is 11.8 Å². The van der Waals surface area contributed by atoms with E-state index in [9.17, 15) is 14.7 Å². The maximum Gasteiger partial charge on any atom is 0.277 e. The minimum Gasteiger partial charge on any atom is -0.508 e. The quantitative estimate of drug-likeness (QED) is 0.508. The molecule has 1 aromatic heterocycles. The number of aromatic amines is 1. The molecule has 6 heteroatoms. The fourth-order valence-corrected chi connectivity index (χ4v) is 2.80. The lowest BCUT2D eigenvalue weighted by atomic mass is 10.0. The monoisotopic (exact) mass is 331 g/mol. The Balaban J connectivity index is 1.82. The zero-order valence-corrected chi connectivity index (χ0v) is 13.0. The van der Waals surface area contributed by atoms with Crippen molar-refractivity contribution >= 4 is 34.5 Å². The number of nitrogens with one attached hydrogen (secondary N) is 2. The Hall–Kier alpha value is -3.67. The van der Waals surface area contributed by atoms with Crippen LogP contribution in [0.25, 0.3) is 16.5 Å². The molecule has 0 unspecified atom stereocenters. The molecule has 3 N–H and O–H groups in total. The van der Waals surface area contributed by atoms with Crippen molar-refractivity contribution in [3.05, 3.63) is 71.6 Å². The van der Waals surface area contributed by atoms with Gasteiger partial charge in [0.25, 0.3) is 11.8 Å². The molecule has 122 valence electrons. The number of aliphatic imine (C=N–C) groups is 1. The number of aromatic hydroxyl groups is 1. The molecule has 0 atom stereocenters. The number of aromatic nitrogens is 1. The van der Waals surface area contributed by atoms with Gasteiger partial charge in [-0.05, 0) is 35.9 Å². The van der Waals surface area contributed by atoms with Crippen LogP contribution in [0.5, 0.6) is 5.75 Å². The van der Waals surface area contributed by atoms with Gasteiger partial charge in [0.1, 0.15) is 11.4 Å². The smallest absolute Gasteiger partial charge is 0.277 e. The second-order valence-corrected chi connectivity index (χ2v) is 5.60. The molecule has 0 bridgehead atoms. The molecule has 1 aliphatic rings. The second kappa shape index (κ2) is 5.76. The first-order chi connectivity index (χ1) is 12.1. The van der Waals surface area contributed by atoms with E-state index in [-0.39, 0.29) is 17.0 Å². The van der Waals surface area contributed by atoms with Gasteiger partial charge in [0, 0.05) is 28.9 Å². The number of rotatable bonds is 3. The molecule has 0 aliphatic carbocycles. The molecule has 3 aromatic rings. The second-order valence-electron chi connectivity index (χ2n) is 5.60. The minimum atomic E-state index is -0.527. The number of fused-ring (bicyclic) bond motifs is 1. The molecule has 2 aromatic carbocycles. The predicted octanol–water partition coefficient (Wildman–Crippen LogP) is 2.36. The first kappa shape index (κ1) is 14.9. The summed E-state index contributed by atoms with van der Waals surface area (Å²) in [5.74, 6) is -0.849. The Morgan fingerprint density at radius 2 is 1.72 bits per heavy atom. The summed E-state index contributed by atoms with van der Waals surface area (Å²) in [6.07, 6.45) is 3.19. The highest BCUT2D eigenvalue weighted by Crippen LogP contribution is 2.30. The highest BCUT2D eigenvalue weighted by atomic mass is 16.3. The summed E-state index contributed by atoms with van der Waals surface area (Å²) in [7, 11) is 0. The van der Waals surface area contributed by atoms with E-state index in [2.05, 4.69) is 15.3 Å². The summed E-state index contributed by atoms with van der Waals surface area (Å²) >= 11 is 0. The van der Waals surface area contributed by atoms with Crippen LogP contribution >= 0.6 is 0 Å². The first-order valence-electron chi connectivity index (χ1n) is 7.63. The van der Waals surface area contributed by atoms with Crippen LogP contribution in [0, 0.1) is 0 Å². The van der Waals surface area contributed by atoms with E-state index in [4.69, 9.17) is 0 Å². The van der Waals surface area contributed by atoms with Crippen molar-refractivity contribution in [1.29, 1.82) is 0 Å². The van der Waals surface area contributed by atoms with Crippen molar-refractivity contribution in [3.63, 3.8) is 0 Å². The van der Waals surface area contributed by atoms with E-state index in [1.165, 1.54) is 18.3 Å². The van der Waals surface area contributed by atoms with Crippen LogP contribution in [0.4, 0.5) is 0 Å². The van der Waals surface area contributed by atoms with Crippen LogP contribution in [0.3, 0.4) is 0 Å². The number of benzene rings is 2. The molecule has 25 heavy (non-hydrogen) atoms. The van der Waals surface area contributed by atoms with E-state index in [1.54, 1.807) is 18.3 Å². The number of carbonyl (C=O) groups excluding carboxylic acids is 2. The van der Waals surface area contributed by atoms with E-state index in [0.717, 1.165) is 10.9 Å². The number of para-hydroxylation sites is 1. The SMILES string of the molecule is O=C1NC(=O)C(c2c[nH]c3ccccc23)=C1N=Cc1ccc(O)cc1. The van der Waals surface area contributed by atoms with Crippen LogP contribution in [-0.2, 0) is 9.59 Å². The highest BCUT2D eigenvalue weighted by Gasteiger charge is 2.32. The Morgan fingerprint density at radius 3 is 2.52 bits per heavy atom. The summed E-state index contributed by atoms with van der Waals surface area (Å²) in [5, 5.41) is 12.5. The predicted molar refractivity (Wildman–Crippen MR) is 94.1 cm³/mol. The molecule has 0 saturated heterocycles. The van der Waals surface area contributed by atoms with Crippen molar-refractivity contribution in [1.82, 2.24) is 10.3 Å². The van der Waals surface area contributed by atoms with Crippen molar-refractivity contribution in [2.24, 2.45) is 4.99 Å². The van der Waals surface area contributed by atoms with Crippen molar-refractivity contribution in [2.45, 2.75) is 0 Å². The van der Waals surface area contributed by atoms with Gasteiger partial charge in [-0.15, -0.1) is 0 Å². The van der Waals surface area contributed by atoms with E-state index in [0.29, 0.717) is 11.1 Å². The number of hydrogen-bond acceptors (Lipinski definition) is 4. The van der Waals surface area contributed by atoms with Crippen LogP contribution in [0.15, 0.2) is 65.4 Å². The van der Waals surface area contributed by atoms with E-state index >= 15 is 0 Å². The number of nitrogens with zero attached hydrogens (tertiary/aromatic N) is 1. The third kappa shape index (κ3) is 2.59. The Labute approximate surface area is 142 Å². The molecule has 0 fully saturated rings. The van der Waals surface area contributed by atoms with Gasteiger partial charge in [0.15, 0.2) is 0 Å². The third-order valence-corrected chi connectivity index (χ3v) is 4.00. The lowest BCUT2D eigenvalue weighted by molar-refractivity contribution is -0.123. The fourth-order valence-electron chi connectivity index (χ4n) is 2.80. The molecule has 6 nitrogen and oxygen atoms in total. The van der Waals surface area contributed by atoms with Crippen molar-refractivity contribution in [3.8, 4) is 5.75 Å². The maximum absolute atomic E-state index is 12.3. The summed E-state index contributed by atoms with van der Waals surface area (Å²) in [5.41, 5.74) is 2.53. The lowest BCUT2D eigenvalue weighted by Crippen LogP contribution is -2.22. The Morgan fingerprint density at radius 1 is 0.960 bits per heavy atom. The van der Waals surface area contributed by atoms with E-state index in [1.807, 2.05) is 24.3 Å². The zero-order chi connectivity index (χ0) is 17.4. The Bertz CT molecular complexity index is 1060. The fraction of sp³-hybridized carbons (Fsp3) is 0. The standard InChI is InChI=1S/C19H13N3O3/c23-12-7-5-11(6-8-12)9-21-17-16(18(24)22-19(17)25)14-10-20-15-4-2-1-3-13(14)15/h1-10,20,23H,(H,22,24,25). The number of imide groups is 1. The number of phenolic OH excluding ortho intramolecular Hbond substituents is 1. The lowest BCUT2D eigenvalue weighted by Gasteiger charge is -1.99. The Kier molecular flexibility index (Phi) is 3.43. The number of hydrogen-bond donors (Lipinski definition) is 3. The third-order valence-electron chi connectivity index (χ3n) is 4.00. The van der Waals surface area contributed by atoms with Gasteiger partial charge in [0.05, 0.1) is 5.57 Å². The topological polar surface area (TPSA) is 94.5 Å². The summed E-state index contributed by atoms with van der Waals surface area (Å²) < 4.78 is 0. The van der Waals surface area contributed by atoms with Gasteiger partial charge in [-0.25, -0.2) is 4.99 Å². The number of amides is 2. The number of phenols is 1. The highest BCUT2D eigenvalue weighted by molar-refractivity contribution is 6.37. The summed E-state index contributed by atoms with van der Waals surface area (Å²) in [6, 6.07) is 13.9. The molecule has 2 amide bonds. The van der Waals surface area contributed by atoms with Gasteiger partial charge >= 0.3 is 0 Å². The van der Waals surface area contributed by atoms with Crippen LogP contribution < -0.4 is 5.32 Å². The maximum atomic E-state index is 12.3. The van der Waals surface area contributed by atoms with Crippen molar-refractivity contribution < 1.29 is 14.7 Å². The normalized spacial score (nSPS) is 14.7. The van der Waals surface area contributed by atoms with Crippen molar-refractivity contribution in [2.75, 3.05) is 0 Å². The molecule has 1 aliphatic heterocycles. The molecular formula is C19H13N3O3. The molecular weight excluding hydrogens is 318 g/mol. The molecule has 0 radical (unpaired) electrons. The van der Waals surface area contributed by atoms with Gasteiger partial charge < -0.3 is 10.1 Å². The molecule has 2 heterocycles. The number of carbonyl (C=O) groups is 2. The van der Waals surface area contributed by atoms with Gasteiger partial charge in [-0.3, -0.25) is 14.9 Å². The van der Waals surface area contributed by atoms with Crippen LogP contribution in [-0.4, -0.2) is 28.1 Å². The number of H-pyrrole nitrogens is 1. The van der Waals surface area contributed by atoms with Crippen LogP contribution in [0.2, 0.25) is 0 Å². The molecule has 4 rings (SSSR count). The molecule has 0 saturated carbocycles. The average molecular weight is 331 g/mol. The summed E-state index contributed by atoms with van der Waals surface area (Å²) in [4.78, 5) is 31.8. The largest absolute Gasteiger partial charge is 0.508 e. The molecule has 0 spiro atoms.